The van der Waals surface area contributed by atoms with E-state index in [2.05, 4.69) is 10.2 Å². The Balaban J connectivity index is 1.80. The van der Waals surface area contributed by atoms with Gasteiger partial charge in [-0.1, -0.05) is 18.2 Å². The standard InChI is InChI=1S/C29H28N2O10/c1-16(32)30-22-11-9-19-13-25(41-29(34)18-7-5-17(6-8-18)15-40-31(35)36)27(38-3)28(39-4)26(19)20-10-12-24(37-2)23(33)14-21(20)22/h5-8,10,12-14,22H,9,11,15H2,1-4H3,(H,30,32). The van der Waals surface area contributed by atoms with Crippen molar-refractivity contribution in [2.45, 2.75) is 32.4 Å². The minimum Gasteiger partial charge on any atom is -0.493 e. The molecule has 0 saturated heterocycles. The number of nitrogens with one attached hydrogen (secondary N) is 1. The number of nitrogens with zero attached hydrogens (tertiary/aromatic N) is 1. The zero-order valence-electron chi connectivity index (χ0n) is 22.8. The molecule has 1 aliphatic rings. The van der Waals surface area contributed by atoms with Gasteiger partial charge in [0.2, 0.25) is 17.1 Å². The fourth-order valence-electron chi connectivity index (χ4n) is 4.81. The van der Waals surface area contributed by atoms with Gasteiger partial charge in [-0.05, 0) is 65.4 Å². The summed E-state index contributed by atoms with van der Waals surface area (Å²) in [6.45, 7) is 1.15. The molecule has 0 aliphatic heterocycles. The van der Waals surface area contributed by atoms with Crippen LogP contribution in [0, 0.1) is 10.1 Å². The van der Waals surface area contributed by atoms with E-state index in [-0.39, 0.29) is 46.5 Å². The maximum absolute atomic E-state index is 13.1. The Labute approximate surface area is 234 Å². The van der Waals surface area contributed by atoms with Gasteiger partial charge in [-0.3, -0.25) is 9.59 Å². The lowest BCUT2D eigenvalue weighted by atomic mass is 9.95. The van der Waals surface area contributed by atoms with E-state index in [1.807, 2.05) is 0 Å². The lowest BCUT2D eigenvalue weighted by Crippen LogP contribution is -2.26. The number of benzene rings is 2. The van der Waals surface area contributed by atoms with Crippen LogP contribution in [0.2, 0.25) is 0 Å². The summed E-state index contributed by atoms with van der Waals surface area (Å²) in [5.41, 5.74) is 2.92. The van der Waals surface area contributed by atoms with Crippen LogP contribution < -0.4 is 29.7 Å². The van der Waals surface area contributed by atoms with Crippen LogP contribution in [0.5, 0.6) is 23.0 Å². The Morgan fingerprint density at radius 2 is 1.68 bits per heavy atom. The Morgan fingerprint density at radius 3 is 2.29 bits per heavy atom. The fourth-order valence-corrected chi connectivity index (χ4v) is 4.81. The van der Waals surface area contributed by atoms with Crippen LogP contribution in [0.4, 0.5) is 0 Å². The van der Waals surface area contributed by atoms with E-state index in [1.54, 1.807) is 18.2 Å². The molecule has 214 valence electrons. The van der Waals surface area contributed by atoms with Crippen molar-refractivity contribution in [2.75, 3.05) is 21.3 Å². The van der Waals surface area contributed by atoms with Crippen LogP contribution in [0.3, 0.4) is 0 Å². The van der Waals surface area contributed by atoms with Gasteiger partial charge in [0, 0.05) is 12.5 Å². The molecule has 0 radical (unpaired) electrons. The van der Waals surface area contributed by atoms with Gasteiger partial charge in [0.15, 0.2) is 17.2 Å². The average Bonchev–Trinajstić information content (AvgIpc) is 3.19. The van der Waals surface area contributed by atoms with Crippen LogP contribution >= 0.6 is 0 Å². The molecule has 3 aromatic rings. The molecule has 1 unspecified atom stereocenters. The number of amides is 1. The van der Waals surface area contributed by atoms with Crippen molar-refractivity contribution in [1.82, 2.24) is 5.32 Å². The summed E-state index contributed by atoms with van der Waals surface area (Å²) >= 11 is 0. The molecule has 1 atom stereocenters. The van der Waals surface area contributed by atoms with E-state index < -0.39 is 17.1 Å². The normalized spacial score (nSPS) is 13.5. The highest BCUT2D eigenvalue weighted by atomic mass is 16.9. The first-order valence-electron chi connectivity index (χ1n) is 12.5. The number of carbonyl (C=O) groups is 2. The second-order valence-corrected chi connectivity index (χ2v) is 9.13. The molecular formula is C29H28N2O10. The minimum atomic E-state index is -0.896. The van der Waals surface area contributed by atoms with Gasteiger partial charge in [-0.15, -0.1) is 10.1 Å². The van der Waals surface area contributed by atoms with Gasteiger partial charge in [0.25, 0.3) is 5.09 Å². The Hall–Kier alpha value is -5.13. The molecule has 0 fully saturated rings. The van der Waals surface area contributed by atoms with E-state index in [0.29, 0.717) is 35.1 Å². The molecule has 1 N–H and O–H groups in total. The van der Waals surface area contributed by atoms with E-state index in [0.717, 1.165) is 5.56 Å². The molecule has 4 rings (SSSR count). The van der Waals surface area contributed by atoms with Gasteiger partial charge in [0.05, 0.1) is 32.9 Å². The van der Waals surface area contributed by atoms with Gasteiger partial charge in [0.1, 0.15) is 6.61 Å². The van der Waals surface area contributed by atoms with Crippen LogP contribution in [-0.2, 0) is 22.7 Å². The average molecular weight is 565 g/mol. The van der Waals surface area contributed by atoms with Gasteiger partial charge < -0.3 is 29.1 Å². The number of ether oxygens (including phenoxy) is 4. The van der Waals surface area contributed by atoms with E-state index in [4.69, 9.17) is 18.9 Å². The number of methoxy groups -OCH3 is 3. The summed E-state index contributed by atoms with van der Waals surface area (Å²) < 4.78 is 22.4. The zero-order chi connectivity index (χ0) is 29.7. The topological polar surface area (TPSA) is 153 Å². The van der Waals surface area contributed by atoms with Gasteiger partial charge in [-0.2, -0.15) is 0 Å². The highest BCUT2D eigenvalue weighted by molar-refractivity contribution is 5.92. The Kier molecular flexibility index (Phi) is 8.71. The number of hydrogen-bond donors (Lipinski definition) is 1. The summed E-state index contributed by atoms with van der Waals surface area (Å²) in [4.78, 5) is 52.8. The Morgan fingerprint density at radius 1 is 0.976 bits per heavy atom. The summed E-state index contributed by atoms with van der Waals surface area (Å²) in [6, 6.07) is 11.9. The number of fused-ring (bicyclic) bond motifs is 3. The van der Waals surface area contributed by atoms with E-state index in [1.165, 1.54) is 58.6 Å². The van der Waals surface area contributed by atoms with Crippen molar-refractivity contribution in [3.8, 4) is 34.1 Å². The van der Waals surface area contributed by atoms with Crippen LogP contribution in [0.1, 0.15) is 46.4 Å². The summed E-state index contributed by atoms with van der Waals surface area (Å²) in [5, 5.41) is 12.5. The molecule has 1 amide bonds. The maximum atomic E-state index is 13.1. The Bertz CT molecular complexity index is 1550. The largest absolute Gasteiger partial charge is 0.493 e. The van der Waals surface area contributed by atoms with Crippen LogP contribution in [-0.4, -0.2) is 38.3 Å². The third kappa shape index (κ3) is 6.21. The van der Waals surface area contributed by atoms with Crippen molar-refractivity contribution in [3.63, 3.8) is 0 Å². The highest BCUT2D eigenvalue weighted by Crippen LogP contribution is 2.50. The number of esters is 1. The van der Waals surface area contributed by atoms with Crippen molar-refractivity contribution in [2.24, 2.45) is 0 Å². The predicted molar refractivity (Wildman–Crippen MR) is 146 cm³/mol. The zero-order valence-corrected chi connectivity index (χ0v) is 22.8. The first-order chi connectivity index (χ1) is 19.7. The second-order valence-electron chi connectivity index (χ2n) is 9.13. The molecule has 12 heteroatoms. The molecule has 12 nitrogen and oxygen atoms in total. The summed E-state index contributed by atoms with van der Waals surface area (Å²) in [5.74, 6) is -0.274. The SMILES string of the molecule is COc1c(OC(=O)c2ccc(CO[N+](=O)[O-])cc2)cc2c(c1OC)-c1ccc(OC)c(=O)cc1C(NC(C)=O)CC2. The van der Waals surface area contributed by atoms with Gasteiger partial charge >= 0.3 is 5.97 Å². The molecular weight excluding hydrogens is 536 g/mol. The molecule has 0 spiro atoms. The first-order valence-corrected chi connectivity index (χ1v) is 12.5. The molecule has 0 saturated carbocycles. The minimum absolute atomic E-state index is 0.107. The lowest BCUT2D eigenvalue weighted by molar-refractivity contribution is -0.763. The van der Waals surface area contributed by atoms with Crippen LogP contribution in [0.25, 0.3) is 11.1 Å². The smallest absolute Gasteiger partial charge is 0.343 e. The van der Waals surface area contributed by atoms with E-state index >= 15 is 0 Å². The number of hydrogen-bond acceptors (Lipinski definition) is 10. The van der Waals surface area contributed by atoms with Crippen molar-refractivity contribution in [1.29, 1.82) is 0 Å². The van der Waals surface area contributed by atoms with Crippen molar-refractivity contribution in [3.05, 3.63) is 91.1 Å². The molecule has 3 aromatic carbocycles. The predicted octanol–water partition coefficient (Wildman–Crippen LogP) is 3.79. The quantitative estimate of drug-likeness (QED) is 0.176. The number of carbonyl (C=O) groups excluding carboxylic acids is 2. The van der Waals surface area contributed by atoms with E-state index in [9.17, 15) is 24.5 Å². The number of aryl methyl sites for hydroxylation is 1. The van der Waals surface area contributed by atoms with Crippen molar-refractivity contribution >= 4 is 11.9 Å². The van der Waals surface area contributed by atoms with Crippen LogP contribution in [0.15, 0.2) is 53.3 Å². The molecule has 0 aromatic heterocycles. The summed E-state index contributed by atoms with van der Waals surface area (Å²) in [6.07, 6.45) is 0.891. The lowest BCUT2D eigenvalue weighted by Gasteiger charge is -2.20. The third-order valence-electron chi connectivity index (χ3n) is 6.61. The first kappa shape index (κ1) is 28.9. The highest BCUT2D eigenvalue weighted by Gasteiger charge is 2.30. The third-order valence-corrected chi connectivity index (χ3v) is 6.61. The van der Waals surface area contributed by atoms with Gasteiger partial charge in [-0.25, -0.2) is 4.79 Å². The molecule has 0 bridgehead atoms. The summed E-state index contributed by atoms with van der Waals surface area (Å²) in [7, 11) is 4.26. The van der Waals surface area contributed by atoms with Crippen molar-refractivity contribution < 1.29 is 38.5 Å². The molecule has 0 heterocycles. The monoisotopic (exact) mass is 564 g/mol. The second kappa shape index (κ2) is 12.4. The fraction of sp³-hybridized carbons (Fsp3) is 0.276. The number of rotatable bonds is 9. The maximum Gasteiger partial charge on any atom is 0.343 e. The molecule has 1 aliphatic carbocycles. The molecule has 41 heavy (non-hydrogen) atoms.